The van der Waals surface area contributed by atoms with Crippen LogP contribution in [0.3, 0.4) is 0 Å². The quantitative estimate of drug-likeness (QED) is 0.360. The third-order valence-corrected chi connectivity index (χ3v) is 5.13. The zero-order valence-corrected chi connectivity index (χ0v) is 16.9. The molecule has 32 heavy (non-hydrogen) atoms. The van der Waals surface area contributed by atoms with Crippen molar-refractivity contribution in [1.82, 2.24) is 4.98 Å². The average molecular weight is 444 g/mol. The molecule has 0 spiro atoms. The van der Waals surface area contributed by atoms with Crippen molar-refractivity contribution in [3.63, 3.8) is 0 Å². The number of fused-ring (bicyclic) bond motifs is 1. The van der Waals surface area contributed by atoms with Crippen molar-refractivity contribution in [1.29, 1.82) is 0 Å². The number of hydrogen-bond acceptors (Lipinski definition) is 8. The number of benzene rings is 2. The summed E-state index contributed by atoms with van der Waals surface area (Å²) >= 11 is 0. The van der Waals surface area contributed by atoms with Crippen LogP contribution in [0.1, 0.15) is 10.4 Å². The Morgan fingerprint density at radius 3 is 2.66 bits per heavy atom. The molecule has 2 aromatic carbocycles. The SMILES string of the molecule is COC(=O)c1cc(N2CCOCC2)cc(Nc2ccnc3c(F)c(F)ccc23)c1[N+](=O)[O-]. The van der Waals surface area contributed by atoms with E-state index in [0.29, 0.717) is 32.0 Å². The lowest BCUT2D eigenvalue weighted by atomic mass is 10.1. The van der Waals surface area contributed by atoms with Gasteiger partial charge in [0.1, 0.15) is 16.8 Å². The number of carbonyl (C=O) groups excluding carboxylic acids is 1. The lowest BCUT2D eigenvalue weighted by Crippen LogP contribution is -2.36. The molecule has 1 aromatic heterocycles. The Morgan fingerprint density at radius 2 is 1.97 bits per heavy atom. The van der Waals surface area contributed by atoms with Crippen LogP contribution < -0.4 is 10.2 Å². The van der Waals surface area contributed by atoms with Gasteiger partial charge >= 0.3 is 11.7 Å². The second kappa shape index (κ2) is 8.71. The largest absolute Gasteiger partial charge is 0.465 e. The molecule has 0 bridgehead atoms. The zero-order chi connectivity index (χ0) is 22.8. The van der Waals surface area contributed by atoms with Crippen LogP contribution in [-0.4, -0.2) is 49.3 Å². The topological polar surface area (TPSA) is 107 Å². The maximum Gasteiger partial charge on any atom is 0.345 e. The number of aromatic nitrogens is 1. The van der Waals surface area contributed by atoms with Gasteiger partial charge in [0.25, 0.3) is 0 Å². The summed E-state index contributed by atoms with van der Waals surface area (Å²) in [4.78, 5) is 29.4. The molecule has 1 N–H and O–H groups in total. The van der Waals surface area contributed by atoms with E-state index in [1.807, 2.05) is 4.90 Å². The van der Waals surface area contributed by atoms with Gasteiger partial charge in [-0.15, -0.1) is 0 Å². The summed E-state index contributed by atoms with van der Waals surface area (Å²) < 4.78 is 37.9. The Hall–Kier alpha value is -3.86. The van der Waals surface area contributed by atoms with Crippen molar-refractivity contribution in [3.8, 4) is 0 Å². The van der Waals surface area contributed by atoms with Crippen molar-refractivity contribution in [2.24, 2.45) is 0 Å². The van der Waals surface area contributed by atoms with E-state index in [4.69, 9.17) is 9.47 Å². The summed E-state index contributed by atoms with van der Waals surface area (Å²) in [5.41, 5.74) is -0.155. The molecule has 0 unspecified atom stereocenters. The van der Waals surface area contributed by atoms with Gasteiger partial charge < -0.3 is 19.7 Å². The number of nitrogens with zero attached hydrogens (tertiary/aromatic N) is 3. The minimum Gasteiger partial charge on any atom is -0.465 e. The first-order chi connectivity index (χ1) is 15.4. The monoisotopic (exact) mass is 444 g/mol. The van der Waals surface area contributed by atoms with Gasteiger partial charge in [-0.3, -0.25) is 15.1 Å². The van der Waals surface area contributed by atoms with Crippen molar-refractivity contribution in [3.05, 3.63) is 63.8 Å². The first kappa shape index (κ1) is 21.4. The lowest BCUT2D eigenvalue weighted by Gasteiger charge is -2.29. The van der Waals surface area contributed by atoms with E-state index in [9.17, 15) is 23.7 Å². The predicted molar refractivity (Wildman–Crippen MR) is 112 cm³/mol. The Labute approximate surface area is 180 Å². The van der Waals surface area contributed by atoms with Crippen LogP contribution in [0.2, 0.25) is 0 Å². The van der Waals surface area contributed by atoms with E-state index in [1.165, 1.54) is 30.5 Å². The van der Waals surface area contributed by atoms with Gasteiger partial charge in [-0.25, -0.2) is 13.6 Å². The molecule has 9 nitrogen and oxygen atoms in total. The second-order valence-electron chi connectivity index (χ2n) is 6.98. The number of nitro benzene ring substituents is 1. The van der Waals surface area contributed by atoms with Crippen molar-refractivity contribution >= 4 is 39.6 Å². The van der Waals surface area contributed by atoms with Gasteiger partial charge in [-0.1, -0.05) is 0 Å². The highest BCUT2D eigenvalue weighted by Crippen LogP contribution is 2.38. The number of anilines is 3. The summed E-state index contributed by atoms with van der Waals surface area (Å²) in [5, 5.41) is 15.0. The molecule has 0 amide bonds. The molecule has 1 aliphatic heterocycles. The van der Waals surface area contributed by atoms with Crippen LogP contribution >= 0.6 is 0 Å². The molecular weight excluding hydrogens is 426 g/mol. The molecule has 0 atom stereocenters. The minimum absolute atomic E-state index is 0.00312. The number of ether oxygens (including phenoxy) is 2. The number of esters is 1. The van der Waals surface area contributed by atoms with Crippen LogP contribution in [0.4, 0.5) is 31.5 Å². The number of pyridine rings is 1. The summed E-state index contributed by atoms with van der Waals surface area (Å²) in [5.74, 6) is -3.06. The number of methoxy groups -OCH3 is 1. The van der Waals surface area contributed by atoms with Crippen LogP contribution in [-0.2, 0) is 9.47 Å². The van der Waals surface area contributed by atoms with E-state index < -0.39 is 28.2 Å². The smallest absolute Gasteiger partial charge is 0.345 e. The molecule has 0 aliphatic carbocycles. The molecule has 2 heterocycles. The fourth-order valence-electron chi connectivity index (χ4n) is 3.59. The molecule has 4 rings (SSSR count). The third-order valence-electron chi connectivity index (χ3n) is 5.13. The maximum atomic E-state index is 14.2. The van der Waals surface area contributed by atoms with Crippen LogP contribution in [0.5, 0.6) is 0 Å². The van der Waals surface area contributed by atoms with Crippen molar-refractivity contribution < 1.29 is 28.0 Å². The van der Waals surface area contributed by atoms with Gasteiger partial charge in [0.2, 0.25) is 0 Å². The Balaban J connectivity index is 1.89. The van der Waals surface area contributed by atoms with E-state index >= 15 is 0 Å². The average Bonchev–Trinajstić information content (AvgIpc) is 2.81. The van der Waals surface area contributed by atoms with Crippen LogP contribution in [0.15, 0.2) is 36.5 Å². The van der Waals surface area contributed by atoms with Gasteiger partial charge in [-0.2, -0.15) is 0 Å². The molecule has 1 aliphatic rings. The fourth-order valence-corrected chi connectivity index (χ4v) is 3.59. The van der Waals surface area contributed by atoms with E-state index in [2.05, 4.69) is 10.3 Å². The number of nitro groups is 1. The lowest BCUT2D eigenvalue weighted by molar-refractivity contribution is -0.384. The van der Waals surface area contributed by atoms with Crippen LogP contribution in [0.25, 0.3) is 10.9 Å². The first-order valence-electron chi connectivity index (χ1n) is 9.64. The number of halogens is 2. The van der Waals surface area contributed by atoms with Gasteiger partial charge in [0.05, 0.1) is 25.2 Å². The first-order valence-corrected chi connectivity index (χ1v) is 9.64. The number of hydrogen-bond donors (Lipinski definition) is 1. The zero-order valence-electron chi connectivity index (χ0n) is 16.9. The Bertz CT molecular complexity index is 1210. The maximum absolute atomic E-state index is 14.2. The third kappa shape index (κ3) is 3.89. The number of carbonyl (C=O) groups is 1. The standard InChI is InChI=1S/C21H18F2N4O5/c1-31-21(28)14-10-12(26-6-8-32-9-7-26)11-17(20(14)27(29)30)25-16-4-5-24-19-13(16)2-3-15(22)18(19)23/h2-5,10-11H,6-9H2,1H3,(H,24,25). The van der Waals surface area contributed by atoms with Gasteiger partial charge in [0, 0.05) is 36.0 Å². The van der Waals surface area contributed by atoms with E-state index in [0.717, 1.165) is 13.2 Å². The van der Waals surface area contributed by atoms with E-state index in [-0.39, 0.29) is 27.8 Å². The minimum atomic E-state index is -1.13. The number of nitrogens with one attached hydrogen (secondary N) is 1. The summed E-state index contributed by atoms with van der Waals surface area (Å²) in [6, 6.07) is 6.68. The Kier molecular flexibility index (Phi) is 5.82. The van der Waals surface area contributed by atoms with Crippen molar-refractivity contribution in [2.45, 2.75) is 0 Å². The van der Waals surface area contributed by atoms with Gasteiger partial charge in [-0.05, 0) is 30.3 Å². The predicted octanol–water partition coefficient (Wildman–Crippen LogP) is 3.79. The van der Waals surface area contributed by atoms with E-state index in [1.54, 1.807) is 0 Å². The Morgan fingerprint density at radius 1 is 1.22 bits per heavy atom. The highest BCUT2D eigenvalue weighted by Gasteiger charge is 2.29. The summed E-state index contributed by atoms with van der Waals surface area (Å²) in [6.45, 7) is 1.99. The fraction of sp³-hybridized carbons (Fsp3) is 0.238. The molecule has 3 aromatic rings. The van der Waals surface area contributed by atoms with Gasteiger partial charge in [0.15, 0.2) is 11.6 Å². The second-order valence-corrected chi connectivity index (χ2v) is 6.98. The normalized spacial score (nSPS) is 13.8. The van der Waals surface area contributed by atoms with Crippen molar-refractivity contribution in [2.75, 3.05) is 43.6 Å². The van der Waals surface area contributed by atoms with Crippen LogP contribution in [0, 0.1) is 21.7 Å². The molecule has 0 saturated carbocycles. The summed E-state index contributed by atoms with van der Waals surface area (Å²) in [7, 11) is 1.13. The number of rotatable bonds is 5. The molecule has 1 fully saturated rings. The molecular formula is C21H18F2N4O5. The molecule has 166 valence electrons. The number of morpholine rings is 1. The summed E-state index contributed by atoms with van der Waals surface area (Å²) in [6.07, 6.45) is 1.26. The molecule has 0 radical (unpaired) electrons. The molecule has 11 heteroatoms. The highest BCUT2D eigenvalue weighted by molar-refractivity contribution is 6.01. The molecule has 1 saturated heterocycles. The highest BCUT2D eigenvalue weighted by atomic mass is 19.2.